The molecular weight excluding hydrogens is 404 g/mol. The number of aryl methyl sites for hydroxylation is 1. The normalized spacial score (nSPS) is 11.8. The van der Waals surface area contributed by atoms with Gasteiger partial charge in [-0.3, -0.25) is 4.57 Å². The van der Waals surface area contributed by atoms with Gasteiger partial charge >= 0.3 is 0 Å². The fourth-order valence-electron chi connectivity index (χ4n) is 5.09. The van der Waals surface area contributed by atoms with E-state index in [1.165, 1.54) is 27.2 Å². The molecule has 0 atom stereocenters. The predicted octanol–water partition coefficient (Wildman–Crippen LogP) is 6.98. The van der Waals surface area contributed by atoms with Crippen LogP contribution in [0.25, 0.3) is 55.2 Å². The van der Waals surface area contributed by atoms with Gasteiger partial charge in [0.2, 0.25) is 0 Å². The molecule has 4 heterocycles. The van der Waals surface area contributed by atoms with E-state index in [4.69, 9.17) is 9.97 Å². The molecule has 33 heavy (non-hydrogen) atoms. The van der Waals surface area contributed by atoms with Crippen molar-refractivity contribution in [1.82, 2.24) is 19.1 Å². The van der Waals surface area contributed by atoms with Crippen LogP contribution in [0.15, 0.2) is 103 Å². The van der Waals surface area contributed by atoms with Crippen molar-refractivity contribution in [3.05, 3.63) is 109 Å². The second-order valence-electron chi connectivity index (χ2n) is 8.43. The van der Waals surface area contributed by atoms with Gasteiger partial charge in [0.1, 0.15) is 11.5 Å². The monoisotopic (exact) mass is 424 g/mol. The van der Waals surface area contributed by atoms with E-state index in [-0.39, 0.29) is 0 Å². The molecule has 0 N–H and O–H groups in total. The SMILES string of the molecule is Cc1cccnc1-n1c2cc3c(cc2c2cccnc21)c1ccccc1n3-c1ccccc1. The quantitative estimate of drug-likeness (QED) is 0.300. The van der Waals surface area contributed by atoms with E-state index in [2.05, 4.69) is 94.9 Å². The zero-order valence-electron chi connectivity index (χ0n) is 18.1. The fraction of sp³-hybridized carbons (Fsp3) is 0.0345. The topological polar surface area (TPSA) is 35.6 Å². The van der Waals surface area contributed by atoms with Crippen LogP contribution < -0.4 is 0 Å². The Bertz CT molecular complexity index is 1820. The summed E-state index contributed by atoms with van der Waals surface area (Å²) in [5, 5.41) is 4.81. The van der Waals surface area contributed by atoms with Crippen LogP contribution in [-0.4, -0.2) is 19.1 Å². The molecule has 0 spiro atoms. The molecule has 4 heteroatoms. The number of fused-ring (bicyclic) bond motifs is 6. The van der Waals surface area contributed by atoms with E-state index < -0.39 is 0 Å². The van der Waals surface area contributed by atoms with Crippen LogP contribution >= 0.6 is 0 Å². The van der Waals surface area contributed by atoms with Gasteiger partial charge in [-0.05, 0) is 61.0 Å². The van der Waals surface area contributed by atoms with Crippen molar-refractivity contribution in [3.8, 4) is 11.5 Å². The highest BCUT2D eigenvalue weighted by atomic mass is 15.1. The maximum atomic E-state index is 4.77. The summed E-state index contributed by atoms with van der Waals surface area (Å²) >= 11 is 0. The van der Waals surface area contributed by atoms with Crippen LogP contribution in [0.4, 0.5) is 0 Å². The second-order valence-corrected chi connectivity index (χ2v) is 8.43. The fourth-order valence-corrected chi connectivity index (χ4v) is 5.09. The molecule has 0 bridgehead atoms. The molecule has 0 amide bonds. The zero-order chi connectivity index (χ0) is 21.9. The Morgan fingerprint density at radius 1 is 0.545 bits per heavy atom. The number of hydrogen-bond acceptors (Lipinski definition) is 2. The average molecular weight is 425 g/mol. The van der Waals surface area contributed by atoms with Crippen molar-refractivity contribution >= 4 is 43.7 Å². The molecule has 0 saturated carbocycles. The summed E-state index contributed by atoms with van der Waals surface area (Å²) in [6.45, 7) is 2.10. The molecule has 0 saturated heterocycles. The highest BCUT2D eigenvalue weighted by molar-refractivity contribution is 6.18. The zero-order valence-corrected chi connectivity index (χ0v) is 18.1. The average Bonchev–Trinajstić information content (AvgIpc) is 3.36. The summed E-state index contributed by atoms with van der Waals surface area (Å²) in [6.07, 6.45) is 3.71. The summed E-state index contributed by atoms with van der Waals surface area (Å²) in [7, 11) is 0. The third kappa shape index (κ3) is 2.52. The summed E-state index contributed by atoms with van der Waals surface area (Å²) in [5.41, 5.74) is 6.68. The van der Waals surface area contributed by atoms with Crippen LogP contribution in [0.2, 0.25) is 0 Å². The van der Waals surface area contributed by atoms with E-state index >= 15 is 0 Å². The van der Waals surface area contributed by atoms with Gasteiger partial charge in [-0.15, -0.1) is 0 Å². The number of pyridine rings is 2. The molecule has 4 nitrogen and oxygen atoms in total. The van der Waals surface area contributed by atoms with Gasteiger partial charge in [0.05, 0.1) is 16.6 Å². The summed E-state index contributed by atoms with van der Waals surface area (Å²) in [6, 6.07) is 32.1. The molecule has 3 aromatic carbocycles. The van der Waals surface area contributed by atoms with Crippen LogP contribution in [-0.2, 0) is 0 Å². The van der Waals surface area contributed by atoms with Gasteiger partial charge in [-0.1, -0.05) is 42.5 Å². The molecule has 4 aromatic heterocycles. The lowest BCUT2D eigenvalue weighted by Crippen LogP contribution is -2.01. The first-order valence-electron chi connectivity index (χ1n) is 11.1. The maximum Gasteiger partial charge on any atom is 0.146 e. The Labute approximate surface area is 190 Å². The Morgan fingerprint density at radius 3 is 2.12 bits per heavy atom. The highest BCUT2D eigenvalue weighted by Crippen LogP contribution is 2.38. The first kappa shape index (κ1) is 18.2. The van der Waals surface area contributed by atoms with Crippen molar-refractivity contribution < 1.29 is 0 Å². The van der Waals surface area contributed by atoms with E-state index in [0.29, 0.717) is 0 Å². The van der Waals surface area contributed by atoms with Crippen LogP contribution in [0.1, 0.15) is 5.56 Å². The number of rotatable bonds is 2. The predicted molar refractivity (Wildman–Crippen MR) is 135 cm³/mol. The smallest absolute Gasteiger partial charge is 0.146 e. The Kier molecular flexibility index (Phi) is 3.73. The van der Waals surface area contributed by atoms with Crippen molar-refractivity contribution in [1.29, 1.82) is 0 Å². The van der Waals surface area contributed by atoms with E-state index in [9.17, 15) is 0 Å². The lowest BCUT2D eigenvalue weighted by Gasteiger charge is -2.10. The van der Waals surface area contributed by atoms with Crippen molar-refractivity contribution in [2.24, 2.45) is 0 Å². The highest BCUT2D eigenvalue weighted by Gasteiger charge is 2.19. The van der Waals surface area contributed by atoms with Gasteiger partial charge in [-0.2, -0.15) is 0 Å². The Morgan fingerprint density at radius 2 is 1.24 bits per heavy atom. The molecular formula is C29H20N4. The molecule has 0 radical (unpaired) electrons. The molecule has 0 unspecified atom stereocenters. The third-order valence-electron chi connectivity index (χ3n) is 6.53. The number of nitrogens with zero attached hydrogens (tertiary/aromatic N) is 4. The molecule has 156 valence electrons. The van der Waals surface area contributed by atoms with Gasteiger partial charge in [0.25, 0.3) is 0 Å². The second kappa shape index (κ2) is 6.78. The number of aromatic nitrogens is 4. The standard InChI is InChI=1S/C29H20N4/c1-19-9-7-15-30-28(19)33-27-18-26-23(17-24(27)22-13-8-16-31-29(22)33)21-12-5-6-14-25(21)32(26)20-10-3-2-4-11-20/h2-18H,1H3. The van der Waals surface area contributed by atoms with Crippen molar-refractivity contribution in [3.63, 3.8) is 0 Å². The minimum atomic E-state index is 0.915. The van der Waals surface area contributed by atoms with Crippen molar-refractivity contribution in [2.45, 2.75) is 6.92 Å². The minimum absolute atomic E-state index is 0.915. The van der Waals surface area contributed by atoms with E-state index in [1.54, 1.807) is 0 Å². The molecule has 0 aliphatic heterocycles. The third-order valence-corrected chi connectivity index (χ3v) is 6.53. The van der Waals surface area contributed by atoms with Crippen LogP contribution in [0.3, 0.4) is 0 Å². The minimum Gasteiger partial charge on any atom is -0.309 e. The van der Waals surface area contributed by atoms with Gasteiger partial charge in [-0.25, -0.2) is 9.97 Å². The maximum absolute atomic E-state index is 4.77. The van der Waals surface area contributed by atoms with Crippen LogP contribution in [0.5, 0.6) is 0 Å². The van der Waals surface area contributed by atoms with E-state index in [0.717, 1.165) is 33.6 Å². The lowest BCUT2D eigenvalue weighted by molar-refractivity contribution is 1.03. The molecule has 0 aliphatic carbocycles. The van der Waals surface area contributed by atoms with Gasteiger partial charge in [0.15, 0.2) is 0 Å². The molecule has 7 aromatic rings. The first-order chi connectivity index (χ1) is 16.3. The summed E-state index contributed by atoms with van der Waals surface area (Å²) in [4.78, 5) is 9.51. The Hall–Kier alpha value is -4.44. The summed E-state index contributed by atoms with van der Waals surface area (Å²) in [5.74, 6) is 0.915. The largest absolute Gasteiger partial charge is 0.309 e. The Balaban J connectivity index is 1.72. The van der Waals surface area contributed by atoms with Crippen LogP contribution in [0, 0.1) is 6.92 Å². The number of para-hydroxylation sites is 2. The lowest BCUT2D eigenvalue weighted by atomic mass is 10.1. The van der Waals surface area contributed by atoms with Gasteiger partial charge in [0, 0.05) is 39.6 Å². The number of hydrogen-bond donors (Lipinski definition) is 0. The van der Waals surface area contributed by atoms with Gasteiger partial charge < -0.3 is 4.57 Å². The van der Waals surface area contributed by atoms with Crippen molar-refractivity contribution in [2.75, 3.05) is 0 Å². The molecule has 7 rings (SSSR count). The number of benzene rings is 3. The molecule has 0 aliphatic rings. The first-order valence-corrected chi connectivity index (χ1v) is 11.1. The van der Waals surface area contributed by atoms with E-state index in [1.807, 2.05) is 24.5 Å². The summed E-state index contributed by atoms with van der Waals surface area (Å²) < 4.78 is 4.55. The molecule has 0 fully saturated rings.